The zero-order chi connectivity index (χ0) is 15.6. The highest BCUT2D eigenvalue weighted by Crippen LogP contribution is 2.14. The van der Waals surface area contributed by atoms with Crippen molar-refractivity contribution in [3.63, 3.8) is 0 Å². The molecule has 2 aromatic rings. The lowest BCUT2D eigenvalue weighted by Crippen LogP contribution is -2.07. The Kier molecular flexibility index (Phi) is 6.42. The van der Waals surface area contributed by atoms with Gasteiger partial charge in [0.05, 0.1) is 18.8 Å². The first-order valence-corrected chi connectivity index (χ1v) is 7.58. The fraction of sp³-hybridized carbons (Fsp3) is 0.333. The Bertz CT molecular complexity index is 584. The lowest BCUT2D eigenvalue weighted by molar-refractivity contribution is 0.0500. The molecule has 0 atom stereocenters. The standard InChI is InChI=1S/C18H21NO3/c1-2-12-21-17-7-3-6-16(14-17)18(20)22-13-4-5-15-8-10-19-11-9-15/h3,6-11,14H,2,4-5,12-13H2,1H3. The van der Waals surface area contributed by atoms with E-state index in [9.17, 15) is 4.79 Å². The number of pyridine rings is 1. The first-order chi connectivity index (χ1) is 10.8. The SMILES string of the molecule is CCCOc1cccc(C(=O)OCCCc2ccncc2)c1. The molecule has 2 rings (SSSR count). The van der Waals surface area contributed by atoms with Crippen molar-refractivity contribution >= 4 is 5.97 Å². The summed E-state index contributed by atoms with van der Waals surface area (Å²) in [4.78, 5) is 16.0. The summed E-state index contributed by atoms with van der Waals surface area (Å²) in [6, 6.07) is 11.0. The second-order valence-electron chi connectivity index (χ2n) is 4.97. The van der Waals surface area contributed by atoms with Crippen molar-refractivity contribution < 1.29 is 14.3 Å². The zero-order valence-electron chi connectivity index (χ0n) is 12.8. The van der Waals surface area contributed by atoms with Gasteiger partial charge in [-0.2, -0.15) is 0 Å². The van der Waals surface area contributed by atoms with E-state index < -0.39 is 0 Å². The van der Waals surface area contributed by atoms with Crippen molar-refractivity contribution in [3.8, 4) is 5.75 Å². The number of benzene rings is 1. The van der Waals surface area contributed by atoms with Gasteiger partial charge in [0.15, 0.2) is 0 Å². The third kappa shape index (κ3) is 5.20. The van der Waals surface area contributed by atoms with Crippen molar-refractivity contribution in [1.29, 1.82) is 0 Å². The molecule has 0 saturated carbocycles. The van der Waals surface area contributed by atoms with E-state index in [0.29, 0.717) is 24.5 Å². The number of nitrogens with zero attached hydrogens (tertiary/aromatic N) is 1. The van der Waals surface area contributed by atoms with Gasteiger partial charge in [-0.1, -0.05) is 13.0 Å². The molecule has 0 fully saturated rings. The van der Waals surface area contributed by atoms with E-state index in [0.717, 1.165) is 19.3 Å². The highest BCUT2D eigenvalue weighted by molar-refractivity contribution is 5.89. The number of ether oxygens (including phenoxy) is 2. The van der Waals surface area contributed by atoms with Gasteiger partial charge in [0.2, 0.25) is 0 Å². The molecule has 116 valence electrons. The number of carbonyl (C=O) groups excluding carboxylic acids is 1. The van der Waals surface area contributed by atoms with Gasteiger partial charge in [-0.05, 0) is 55.2 Å². The molecule has 0 spiro atoms. The van der Waals surface area contributed by atoms with E-state index in [2.05, 4.69) is 4.98 Å². The molecule has 0 unspecified atom stereocenters. The molecule has 1 aromatic heterocycles. The fourth-order valence-corrected chi connectivity index (χ4v) is 2.01. The molecular formula is C18H21NO3. The Balaban J connectivity index is 1.77. The van der Waals surface area contributed by atoms with Gasteiger partial charge in [0.25, 0.3) is 0 Å². The first kappa shape index (κ1) is 16.0. The van der Waals surface area contributed by atoms with E-state index in [1.165, 1.54) is 5.56 Å². The number of esters is 1. The molecule has 4 heteroatoms. The maximum Gasteiger partial charge on any atom is 0.338 e. The Morgan fingerprint density at radius 3 is 2.73 bits per heavy atom. The quantitative estimate of drug-likeness (QED) is 0.551. The van der Waals surface area contributed by atoms with Gasteiger partial charge in [-0.3, -0.25) is 4.98 Å². The number of hydrogen-bond acceptors (Lipinski definition) is 4. The molecule has 0 aliphatic heterocycles. The minimum absolute atomic E-state index is 0.309. The van der Waals surface area contributed by atoms with Crippen LogP contribution in [0.25, 0.3) is 0 Å². The fourth-order valence-electron chi connectivity index (χ4n) is 2.01. The van der Waals surface area contributed by atoms with Crippen molar-refractivity contribution in [2.45, 2.75) is 26.2 Å². The van der Waals surface area contributed by atoms with Gasteiger partial charge in [0, 0.05) is 12.4 Å². The summed E-state index contributed by atoms with van der Waals surface area (Å²) < 4.78 is 10.8. The number of aromatic nitrogens is 1. The molecule has 0 radical (unpaired) electrons. The van der Waals surface area contributed by atoms with E-state index in [1.54, 1.807) is 30.6 Å². The number of rotatable bonds is 8. The van der Waals surface area contributed by atoms with E-state index in [-0.39, 0.29) is 5.97 Å². The van der Waals surface area contributed by atoms with Gasteiger partial charge in [0.1, 0.15) is 5.75 Å². The molecule has 0 bridgehead atoms. The third-order valence-corrected chi connectivity index (χ3v) is 3.13. The van der Waals surface area contributed by atoms with Crippen LogP contribution in [0.15, 0.2) is 48.8 Å². The summed E-state index contributed by atoms with van der Waals surface area (Å²) in [5, 5.41) is 0. The molecule has 22 heavy (non-hydrogen) atoms. The smallest absolute Gasteiger partial charge is 0.338 e. The van der Waals surface area contributed by atoms with Crippen molar-refractivity contribution in [3.05, 3.63) is 59.9 Å². The largest absolute Gasteiger partial charge is 0.494 e. The maximum atomic E-state index is 12.0. The zero-order valence-corrected chi connectivity index (χ0v) is 12.8. The molecule has 0 aliphatic rings. The minimum atomic E-state index is -0.309. The summed E-state index contributed by atoms with van der Waals surface area (Å²) in [7, 11) is 0. The summed E-state index contributed by atoms with van der Waals surface area (Å²) >= 11 is 0. The second kappa shape index (κ2) is 8.82. The van der Waals surface area contributed by atoms with Crippen LogP contribution >= 0.6 is 0 Å². The summed E-state index contributed by atoms with van der Waals surface area (Å²) in [6.07, 6.45) is 6.13. The molecular weight excluding hydrogens is 278 g/mol. The molecule has 1 heterocycles. The molecule has 0 amide bonds. The average Bonchev–Trinajstić information content (AvgIpc) is 2.58. The maximum absolute atomic E-state index is 12.0. The van der Waals surface area contributed by atoms with Crippen LogP contribution in [0.2, 0.25) is 0 Å². The first-order valence-electron chi connectivity index (χ1n) is 7.58. The van der Waals surface area contributed by atoms with E-state index in [1.807, 2.05) is 25.1 Å². The van der Waals surface area contributed by atoms with Crippen LogP contribution in [0.1, 0.15) is 35.7 Å². The highest BCUT2D eigenvalue weighted by Gasteiger charge is 2.08. The molecule has 4 nitrogen and oxygen atoms in total. The summed E-state index contributed by atoms with van der Waals surface area (Å²) in [5.74, 6) is 0.393. The monoisotopic (exact) mass is 299 g/mol. The lowest BCUT2D eigenvalue weighted by atomic mass is 10.1. The summed E-state index contributed by atoms with van der Waals surface area (Å²) in [6.45, 7) is 3.09. The van der Waals surface area contributed by atoms with Crippen molar-refractivity contribution in [1.82, 2.24) is 4.98 Å². The molecule has 0 aliphatic carbocycles. The Morgan fingerprint density at radius 2 is 1.95 bits per heavy atom. The predicted molar refractivity (Wildman–Crippen MR) is 85.1 cm³/mol. The van der Waals surface area contributed by atoms with Crippen LogP contribution in [0.3, 0.4) is 0 Å². The van der Waals surface area contributed by atoms with Gasteiger partial charge in [-0.15, -0.1) is 0 Å². The van der Waals surface area contributed by atoms with Crippen LogP contribution in [0.5, 0.6) is 5.75 Å². The van der Waals surface area contributed by atoms with Crippen molar-refractivity contribution in [2.24, 2.45) is 0 Å². The highest BCUT2D eigenvalue weighted by atomic mass is 16.5. The van der Waals surface area contributed by atoms with E-state index >= 15 is 0 Å². The van der Waals surface area contributed by atoms with Crippen LogP contribution in [0.4, 0.5) is 0 Å². The van der Waals surface area contributed by atoms with Crippen LogP contribution in [-0.4, -0.2) is 24.2 Å². The third-order valence-electron chi connectivity index (χ3n) is 3.13. The van der Waals surface area contributed by atoms with Gasteiger partial charge < -0.3 is 9.47 Å². The molecule has 1 aromatic carbocycles. The number of hydrogen-bond donors (Lipinski definition) is 0. The Labute approximate surface area is 131 Å². The number of carbonyl (C=O) groups is 1. The number of aryl methyl sites for hydroxylation is 1. The molecule has 0 saturated heterocycles. The topological polar surface area (TPSA) is 48.4 Å². The van der Waals surface area contributed by atoms with Crippen LogP contribution in [0, 0.1) is 0 Å². The van der Waals surface area contributed by atoms with Gasteiger partial charge >= 0.3 is 5.97 Å². The van der Waals surface area contributed by atoms with Crippen LogP contribution < -0.4 is 4.74 Å². The van der Waals surface area contributed by atoms with Crippen molar-refractivity contribution in [2.75, 3.05) is 13.2 Å². The Hall–Kier alpha value is -2.36. The second-order valence-corrected chi connectivity index (χ2v) is 4.97. The predicted octanol–water partition coefficient (Wildman–Crippen LogP) is 3.66. The Morgan fingerprint density at radius 1 is 1.14 bits per heavy atom. The van der Waals surface area contributed by atoms with E-state index in [4.69, 9.17) is 9.47 Å². The average molecular weight is 299 g/mol. The van der Waals surface area contributed by atoms with Gasteiger partial charge in [-0.25, -0.2) is 4.79 Å². The van der Waals surface area contributed by atoms with Crippen LogP contribution in [-0.2, 0) is 11.2 Å². The minimum Gasteiger partial charge on any atom is -0.494 e. The molecule has 0 N–H and O–H groups in total. The normalized spacial score (nSPS) is 10.2. The lowest BCUT2D eigenvalue weighted by Gasteiger charge is -2.08. The summed E-state index contributed by atoms with van der Waals surface area (Å²) in [5.41, 5.74) is 1.72.